The summed E-state index contributed by atoms with van der Waals surface area (Å²) in [4.78, 5) is 0. The molecule has 1 heterocycles. The Hall–Kier alpha value is -1.26. The van der Waals surface area contributed by atoms with Crippen molar-refractivity contribution in [1.82, 2.24) is 0 Å². The predicted molar refractivity (Wildman–Crippen MR) is 52.1 cm³/mol. The number of methoxy groups -OCH3 is 1. The summed E-state index contributed by atoms with van der Waals surface area (Å²) >= 11 is 0. The molecule has 76 valence electrons. The van der Waals surface area contributed by atoms with Crippen molar-refractivity contribution in [2.24, 2.45) is 0 Å². The molecule has 0 aromatic heterocycles. The number of benzene rings is 1. The molecular formula is C10H13NO3. The molecule has 0 saturated carbocycles. The summed E-state index contributed by atoms with van der Waals surface area (Å²) in [6, 6.07) is 5.44. The molecule has 1 fully saturated rings. The molecule has 0 atom stereocenters. The Bertz CT molecular complexity index is 321. The zero-order valence-electron chi connectivity index (χ0n) is 8.03. The minimum absolute atomic E-state index is 0.314. The summed E-state index contributed by atoms with van der Waals surface area (Å²) in [5.41, 5.74) is 7.20. The number of rotatable bonds is 2. The van der Waals surface area contributed by atoms with Crippen LogP contribution in [0, 0.1) is 0 Å². The zero-order chi connectivity index (χ0) is 9.97. The van der Waals surface area contributed by atoms with Crippen LogP contribution in [0.4, 0.5) is 5.69 Å². The van der Waals surface area contributed by atoms with Gasteiger partial charge in [-0.25, -0.2) is 0 Å². The second-order valence-electron chi connectivity index (χ2n) is 3.07. The third-order valence-electron chi connectivity index (χ3n) is 2.13. The molecule has 1 aromatic rings. The van der Waals surface area contributed by atoms with Crippen LogP contribution in [0.2, 0.25) is 0 Å². The number of hydrogen-bond donors (Lipinski definition) is 1. The molecule has 0 radical (unpaired) electrons. The van der Waals surface area contributed by atoms with Crippen LogP contribution < -0.4 is 10.5 Å². The fourth-order valence-electron chi connectivity index (χ4n) is 1.46. The van der Waals surface area contributed by atoms with Crippen LogP contribution in [0.1, 0.15) is 11.9 Å². The molecule has 1 aromatic carbocycles. The topological polar surface area (TPSA) is 53.7 Å². The number of ether oxygens (including phenoxy) is 3. The zero-order valence-corrected chi connectivity index (χ0v) is 8.03. The van der Waals surface area contributed by atoms with Gasteiger partial charge >= 0.3 is 0 Å². The van der Waals surface area contributed by atoms with Crippen LogP contribution in [0.5, 0.6) is 5.75 Å². The third kappa shape index (κ3) is 1.66. The molecule has 0 aliphatic carbocycles. The smallest absolute Gasteiger partial charge is 0.187 e. The summed E-state index contributed by atoms with van der Waals surface area (Å²) in [6.07, 6.45) is -0.314. The Morgan fingerprint density at radius 3 is 2.71 bits per heavy atom. The highest BCUT2D eigenvalue weighted by Crippen LogP contribution is 2.32. The number of hydrogen-bond acceptors (Lipinski definition) is 4. The first kappa shape index (κ1) is 9.30. The minimum atomic E-state index is -0.314. The van der Waals surface area contributed by atoms with E-state index in [1.165, 1.54) is 0 Å². The van der Waals surface area contributed by atoms with Gasteiger partial charge in [0.25, 0.3) is 0 Å². The van der Waals surface area contributed by atoms with Crippen molar-refractivity contribution in [2.45, 2.75) is 6.29 Å². The summed E-state index contributed by atoms with van der Waals surface area (Å²) < 4.78 is 16.0. The maximum absolute atomic E-state index is 5.64. The van der Waals surface area contributed by atoms with Gasteiger partial charge in [0, 0.05) is 17.3 Å². The van der Waals surface area contributed by atoms with Crippen molar-refractivity contribution in [1.29, 1.82) is 0 Å². The summed E-state index contributed by atoms with van der Waals surface area (Å²) in [5.74, 6) is 0.705. The lowest BCUT2D eigenvalue weighted by Crippen LogP contribution is -2.02. The SMILES string of the molecule is COc1cc(N)ccc1C1OCCO1. The van der Waals surface area contributed by atoms with E-state index < -0.39 is 0 Å². The van der Waals surface area contributed by atoms with E-state index >= 15 is 0 Å². The molecule has 2 N–H and O–H groups in total. The molecule has 4 heteroatoms. The van der Waals surface area contributed by atoms with E-state index in [1.807, 2.05) is 12.1 Å². The minimum Gasteiger partial charge on any atom is -0.496 e. The lowest BCUT2D eigenvalue weighted by atomic mass is 10.1. The van der Waals surface area contributed by atoms with Crippen LogP contribution in [0.15, 0.2) is 18.2 Å². The molecule has 1 aliphatic heterocycles. The van der Waals surface area contributed by atoms with Gasteiger partial charge in [0.05, 0.1) is 20.3 Å². The highest BCUT2D eigenvalue weighted by Gasteiger charge is 2.21. The first-order valence-corrected chi connectivity index (χ1v) is 4.48. The van der Waals surface area contributed by atoms with Crippen molar-refractivity contribution in [3.8, 4) is 5.75 Å². The summed E-state index contributed by atoms with van der Waals surface area (Å²) in [6.45, 7) is 1.25. The molecule has 14 heavy (non-hydrogen) atoms. The van der Waals surface area contributed by atoms with E-state index in [-0.39, 0.29) is 6.29 Å². The molecule has 1 aliphatic rings. The Morgan fingerprint density at radius 2 is 2.07 bits per heavy atom. The van der Waals surface area contributed by atoms with Gasteiger partial charge in [0.2, 0.25) is 0 Å². The maximum Gasteiger partial charge on any atom is 0.187 e. The monoisotopic (exact) mass is 195 g/mol. The lowest BCUT2D eigenvalue weighted by molar-refractivity contribution is -0.0454. The van der Waals surface area contributed by atoms with Crippen LogP contribution in [-0.2, 0) is 9.47 Å². The van der Waals surface area contributed by atoms with E-state index in [9.17, 15) is 0 Å². The Morgan fingerprint density at radius 1 is 1.36 bits per heavy atom. The standard InChI is InChI=1S/C10H13NO3/c1-12-9-6-7(11)2-3-8(9)10-13-4-5-14-10/h2-3,6,10H,4-5,11H2,1H3. The first-order valence-electron chi connectivity index (χ1n) is 4.48. The van der Waals surface area contributed by atoms with Gasteiger partial charge in [0.1, 0.15) is 5.75 Å². The van der Waals surface area contributed by atoms with E-state index in [1.54, 1.807) is 13.2 Å². The summed E-state index contributed by atoms with van der Waals surface area (Å²) in [5, 5.41) is 0. The molecule has 2 rings (SSSR count). The summed E-state index contributed by atoms with van der Waals surface area (Å²) in [7, 11) is 1.60. The van der Waals surface area contributed by atoms with Crippen molar-refractivity contribution in [3.63, 3.8) is 0 Å². The number of nitrogens with two attached hydrogens (primary N) is 1. The second kappa shape index (κ2) is 3.86. The molecule has 0 unspecified atom stereocenters. The average Bonchev–Trinajstić information content (AvgIpc) is 2.70. The fraction of sp³-hybridized carbons (Fsp3) is 0.400. The van der Waals surface area contributed by atoms with Crippen LogP contribution in [-0.4, -0.2) is 20.3 Å². The normalized spacial score (nSPS) is 17.2. The van der Waals surface area contributed by atoms with Gasteiger partial charge < -0.3 is 19.9 Å². The lowest BCUT2D eigenvalue weighted by Gasteiger charge is -2.13. The average molecular weight is 195 g/mol. The van der Waals surface area contributed by atoms with Crippen LogP contribution >= 0.6 is 0 Å². The number of nitrogen functional groups attached to an aromatic ring is 1. The van der Waals surface area contributed by atoms with Crippen LogP contribution in [0.25, 0.3) is 0 Å². The second-order valence-corrected chi connectivity index (χ2v) is 3.07. The van der Waals surface area contributed by atoms with Gasteiger partial charge in [-0.2, -0.15) is 0 Å². The van der Waals surface area contributed by atoms with Gasteiger partial charge in [-0.1, -0.05) is 0 Å². The van der Waals surface area contributed by atoms with Gasteiger partial charge in [0.15, 0.2) is 6.29 Å². The van der Waals surface area contributed by atoms with Gasteiger partial charge in [-0.3, -0.25) is 0 Å². The fourth-order valence-corrected chi connectivity index (χ4v) is 1.46. The Kier molecular flexibility index (Phi) is 2.56. The Labute approximate surface area is 82.6 Å². The van der Waals surface area contributed by atoms with Crippen molar-refractivity contribution in [2.75, 3.05) is 26.1 Å². The van der Waals surface area contributed by atoms with E-state index in [2.05, 4.69) is 0 Å². The Balaban J connectivity index is 2.31. The molecular weight excluding hydrogens is 182 g/mol. The van der Waals surface area contributed by atoms with Crippen LogP contribution in [0.3, 0.4) is 0 Å². The number of anilines is 1. The molecule has 0 amide bonds. The largest absolute Gasteiger partial charge is 0.496 e. The van der Waals surface area contributed by atoms with E-state index in [4.69, 9.17) is 19.9 Å². The van der Waals surface area contributed by atoms with Crippen molar-refractivity contribution < 1.29 is 14.2 Å². The maximum atomic E-state index is 5.64. The highest BCUT2D eigenvalue weighted by atomic mass is 16.7. The van der Waals surface area contributed by atoms with Crippen molar-refractivity contribution >= 4 is 5.69 Å². The first-order chi connectivity index (χ1) is 6.81. The molecule has 0 bridgehead atoms. The quantitative estimate of drug-likeness (QED) is 0.723. The highest BCUT2D eigenvalue weighted by molar-refractivity contribution is 5.49. The van der Waals surface area contributed by atoms with Gasteiger partial charge in [-0.15, -0.1) is 0 Å². The van der Waals surface area contributed by atoms with Crippen molar-refractivity contribution in [3.05, 3.63) is 23.8 Å². The molecule has 0 spiro atoms. The predicted octanol–water partition coefficient (Wildman–Crippen LogP) is 1.32. The van der Waals surface area contributed by atoms with Gasteiger partial charge in [-0.05, 0) is 12.1 Å². The van der Waals surface area contributed by atoms with E-state index in [0.29, 0.717) is 24.7 Å². The van der Waals surface area contributed by atoms with E-state index in [0.717, 1.165) is 5.56 Å². The molecule has 1 saturated heterocycles. The third-order valence-corrected chi connectivity index (χ3v) is 2.13. The molecule has 4 nitrogen and oxygen atoms in total.